The predicted molar refractivity (Wildman–Crippen MR) is 83.4 cm³/mol. The monoisotopic (exact) mass is 290 g/mol. The molecule has 2 heterocycles. The number of rotatable bonds is 6. The first-order valence-electron chi connectivity index (χ1n) is 8.21. The first kappa shape index (κ1) is 14.7. The van der Waals surface area contributed by atoms with E-state index in [1.54, 1.807) is 6.20 Å². The normalized spacial score (nSPS) is 23.8. The Kier molecular flexibility index (Phi) is 5.04. The fraction of sp³-hybridized carbons (Fsp3) is 0.750. The number of likely N-dealkylation sites (N-methyl/N-ethyl adjacent to an activating group) is 1. The Labute approximate surface area is 127 Å². The quantitative estimate of drug-likeness (QED) is 0.799. The zero-order valence-electron chi connectivity index (χ0n) is 12.9. The second kappa shape index (κ2) is 7.18. The van der Waals surface area contributed by atoms with Gasteiger partial charge in [-0.05, 0) is 37.8 Å². The van der Waals surface area contributed by atoms with Crippen molar-refractivity contribution in [1.29, 1.82) is 0 Å². The van der Waals surface area contributed by atoms with Gasteiger partial charge in [0, 0.05) is 38.9 Å². The Bertz CT molecular complexity index is 424. The van der Waals surface area contributed by atoms with Crippen LogP contribution in [0.3, 0.4) is 0 Å². The van der Waals surface area contributed by atoms with Crippen molar-refractivity contribution in [3.8, 4) is 0 Å². The molecule has 0 radical (unpaired) electrons. The summed E-state index contributed by atoms with van der Waals surface area (Å²) in [5.41, 5.74) is 0. The minimum absolute atomic E-state index is 0.279. The highest BCUT2D eigenvalue weighted by Crippen LogP contribution is 2.27. The third-order valence-electron chi connectivity index (χ3n) is 4.65. The van der Waals surface area contributed by atoms with Gasteiger partial charge in [-0.1, -0.05) is 6.42 Å². The van der Waals surface area contributed by atoms with Gasteiger partial charge in [-0.25, -0.2) is 0 Å². The van der Waals surface area contributed by atoms with Crippen molar-refractivity contribution in [2.75, 3.05) is 44.2 Å². The van der Waals surface area contributed by atoms with Gasteiger partial charge in [-0.3, -0.25) is 4.90 Å². The highest BCUT2D eigenvalue weighted by atomic mass is 16.5. The summed E-state index contributed by atoms with van der Waals surface area (Å²) in [6, 6.07) is 3.96. The number of aromatic nitrogens is 2. The predicted octanol–water partition coefficient (Wildman–Crippen LogP) is 1.80. The number of morpholine rings is 1. The molecule has 2 fully saturated rings. The molecule has 5 nitrogen and oxygen atoms in total. The Morgan fingerprint density at radius 2 is 2.33 bits per heavy atom. The van der Waals surface area contributed by atoms with Crippen LogP contribution in [0.5, 0.6) is 0 Å². The average Bonchev–Trinajstić information content (AvgIpc) is 2.50. The second-order valence-corrected chi connectivity index (χ2v) is 6.17. The van der Waals surface area contributed by atoms with Crippen LogP contribution in [0.1, 0.15) is 26.2 Å². The molecule has 3 rings (SSSR count). The Hall–Kier alpha value is -1.20. The third-order valence-corrected chi connectivity index (χ3v) is 4.65. The van der Waals surface area contributed by atoms with Crippen LogP contribution in [-0.4, -0.2) is 60.5 Å². The summed E-state index contributed by atoms with van der Waals surface area (Å²) < 4.78 is 5.96. The van der Waals surface area contributed by atoms with Crippen molar-refractivity contribution < 1.29 is 4.74 Å². The van der Waals surface area contributed by atoms with E-state index in [0.717, 1.165) is 44.5 Å². The van der Waals surface area contributed by atoms with Crippen LogP contribution in [0.15, 0.2) is 18.3 Å². The van der Waals surface area contributed by atoms with E-state index in [1.807, 2.05) is 12.1 Å². The van der Waals surface area contributed by atoms with E-state index >= 15 is 0 Å². The molecule has 0 spiro atoms. The molecule has 1 aromatic heterocycles. The van der Waals surface area contributed by atoms with Crippen molar-refractivity contribution >= 4 is 5.82 Å². The van der Waals surface area contributed by atoms with Gasteiger partial charge in [0.2, 0.25) is 0 Å². The molecular weight excluding hydrogens is 264 g/mol. The van der Waals surface area contributed by atoms with E-state index in [2.05, 4.69) is 26.9 Å². The molecule has 1 aliphatic carbocycles. The number of anilines is 1. The standard InChI is InChI=1S/C16H26N4O/c1-2-20(16-7-4-8-17-18-16)13-15-12-19(9-10-21-15)11-14-5-3-6-14/h4,7-8,14-15H,2-3,5-6,9-13H2,1H3. The Balaban J connectivity index is 1.53. The van der Waals surface area contributed by atoms with Crippen LogP contribution in [0.4, 0.5) is 5.82 Å². The van der Waals surface area contributed by atoms with Gasteiger partial charge in [0.25, 0.3) is 0 Å². The van der Waals surface area contributed by atoms with Crippen LogP contribution in [0.2, 0.25) is 0 Å². The molecular formula is C16H26N4O. The zero-order valence-corrected chi connectivity index (χ0v) is 12.9. The van der Waals surface area contributed by atoms with Gasteiger partial charge in [-0.15, -0.1) is 5.10 Å². The first-order valence-corrected chi connectivity index (χ1v) is 8.21. The highest BCUT2D eigenvalue weighted by Gasteiger charge is 2.26. The minimum Gasteiger partial charge on any atom is -0.374 e. The summed E-state index contributed by atoms with van der Waals surface area (Å²) in [5, 5.41) is 8.19. The lowest BCUT2D eigenvalue weighted by atomic mass is 9.85. The maximum Gasteiger partial charge on any atom is 0.151 e. The molecule has 1 atom stereocenters. The smallest absolute Gasteiger partial charge is 0.151 e. The van der Waals surface area contributed by atoms with Gasteiger partial charge >= 0.3 is 0 Å². The summed E-state index contributed by atoms with van der Waals surface area (Å²) in [6.07, 6.45) is 6.26. The summed E-state index contributed by atoms with van der Waals surface area (Å²) in [7, 11) is 0. The van der Waals surface area contributed by atoms with E-state index in [-0.39, 0.29) is 6.10 Å². The molecule has 0 N–H and O–H groups in total. The van der Waals surface area contributed by atoms with Crippen molar-refractivity contribution in [2.45, 2.75) is 32.3 Å². The van der Waals surface area contributed by atoms with Gasteiger partial charge in [0.05, 0.1) is 12.7 Å². The fourth-order valence-electron chi connectivity index (χ4n) is 3.19. The lowest BCUT2D eigenvalue weighted by Gasteiger charge is -2.39. The van der Waals surface area contributed by atoms with Crippen LogP contribution >= 0.6 is 0 Å². The molecule has 21 heavy (non-hydrogen) atoms. The molecule has 1 aliphatic heterocycles. The third kappa shape index (κ3) is 3.92. The molecule has 5 heteroatoms. The maximum absolute atomic E-state index is 5.96. The molecule has 1 saturated carbocycles. The van der Waals surface area contributed by atoms with E-state index < -0.39 is 0 Å². The number of ether oxygens (including phenoxy) is 1. The van der Waals surface area contributed by atoms with Gasteiger partial charge < -0.3 is 9.64 Å². The van der Waals surface area contributed by atoms with Crippen molar-refractivity contribution in [3.05, 3.63) is 18.3 Å². The number of nitrogens with zero attached hydrogens (tertiary/aromatic N) is 4. The first-order chi connectivity index (χ1) is 10.3. The van der Waals surface area contributed by atoms with E-state index in [9.17, 15) is 0 Å². The van der Waals surface area contributed by atoms with E-state index in [1.165, 1.54) is 25.8 Å². The average molecular weight is 290 g/mol. The summed E-state index contributed by atoms with van der Waals surface area (Å²) in [6.45, 7) is 8.24. The molecule has 1 unspecified atom stereocenters. The lowest BCUT2D eigenvalue weighted by Crippen LogP contribution is -2.49. The molecule has 0 amide bonds. The second-order valence-electron chi connectivity index (χ2n) is 6.17. The minimum atomic E-state index is 0.279. The lowest BCUT2D eigenvalue weighted by molar-refractivity contribution is -0.0322. The SMILES string of the molecule is CCN(CC1CN(CC2CCC2)CCO1)c1cccnn1. The zero-order chi connectivity index (χ0) is 14.5. The van der Waals surface area contributed by atoms with Crippen molar-refractivity contribution in [3.63, 3.8) is 0 Å². The largest absolute Gasteiger partial charge is 0.374 e. The molecule has 0 bridgehead atoms. The van der Waals surface area contributed by atoms with Crippen LogP contribution < -0.4 is 4.90 Å². The molecule has 1 saturated heterocycles. The van der Waals surface area contributed by atoms with Crippen LogP contribution in [0, 0.1) is 5.92 Å². The van der Waals surface area contributed by atoms with E-state index in [4.69, 9.17) is 4.74 Å². The number of hydrogen-bond acceptors (Lipinski definition) is 5. The van der Waals surface area contributed by atoms with Crippen LogP contribution in [0.25, 0.3) is 0 Å². The molecule has 2 aliphatic rings. The van der Waals surface area contributed by atoms with E-state index in [0.29, 0.717) is 0 Å². The maximum atomic E-state index is 5.96. The van der Waals surface area contributed by atoms with Gasteiger partial charge in [0.1, 0.15) is 0 Å². The Morgan fingerprint density at radius 1 is 1.43 bits per heavy atom. The van der Waals surface area contributed by atoms with Crippen molar-refractivity contribution in [1.82, 2.24) is 15.1 Å². The summed E-state index contributed by atoms with van der Waals surface area (Å²) in [4.78, 5) is 4.84. The van der Waals surface area contributed by atoms with Gasteiger partial charge in [-0.2, -0.15) is 5.10 Å². The highest BCUT2D eigenvalue weighted by molar-refractivity contribution is 5.36. The topological polar surface area (TPSA) is 41.5 Å². The van der Waals surface area contributed by atoms with Crippen molar-refractivity contribution in [2.24, 2.45) is 5.92 Å². The molecule has 116 valence electrons. The number of hydrogen-bond donors (Lipinski definition) is 0. The molecule has 0 aromatic carbocycles. The summed E-state index contributed by atoms with van der Waals surface area (Å²) in [5.74, 6) is 1.88. The Morgan fingerprint density at radius 3 is 3.00 bits per heavy atom. The fourth-order valence-corrected chi connectivity index (χ4v) is 3.19. The van der Waals surface area contributed by atoms with Crippen LogP contribution in [-0.2, 0) is 4.74 Å². The van der Waals surface area contributed by atoms with Gasteiger partial charge in [0.15, 0.2) is 5.82 Å². The molecule has 1 aromatic rings. The summed E-state index contributed by atoms with van der Waals surface area (Å²) >= 11 is 0.